The minimum atomic E-state index is -4.55. The van der Waals surface area contributed by atoms with E-state index in [4.69, 9.17) is 0 Å². The minimum Gasteiger partial charge on any atom is -0.322 e. The smallest absolute Gasteiger partial charge is 0.322 e. The van der Waals surface area contributed by atoms with Crippen molar-refractivity contribution in [1.82, 2.24) is 0 Å². The fraction of sp³-hybridized carbons (Fsp3) is 0.208. The van der Waals surface area contributed by atoms with Crippen molar-refractivity contribution in [2.45, 2.75) is 30.8 Å². The predicted molar refractivity (Wildman–Crippen MR) is 120 cm³/mol. The minimum absolute atomic E-state index is 0.119. The van der Waals surface area contributed by atoms with E-state index in [2.05, 4.69) is 5.32 Å². The first kappa shape index (κ1) is 22.8. The first-order valence-electron chi connectivity index (χ1n) is 10.3. The van der Waals surface area contributed by atoms with E-state index in [1.807, 2.05) is 6.92 Å². The molecule has 3 aromatic rings. The van der Waals surface area contributed by atoms with Crippen LogP contribution in [0.5, 0.6) is 0 Å². The van der Waals surface area contributed by atoms with Gasteiger partial charge >= 0.3 is 6.18 Å². The molecule has 4 rings (SSSR count). The summed E-state index contributed by atoms with van der Waals surface area (Å²) in [6.45, 7) is 2.21. The zero-order valence-corrected chi connectivity index (χ0v) is 18.5. The monoisotopic (exact) mass is 474 g/mol. The number of anilines is 2. The molecule has 1 heterocycles. The van der Waals surface area contributed by atoms with Crippen molar-refractivity contribution >= 4 is 27.3 Å². The Hall–Kier alpha value is -3.33. The van der Waals surface area contributed by atoms with Gasteiger partial charge in [0, 0.05) is 17.8 Å². The lowest BCUT2D eigenvalue weighted by Gasteiger charge is -2.31. The SMILES string of the molecule is Cc1ccc(S(=O)(=O)N2CCCc3cc(NC(=O)c4cccc(C(F)(F)F)c4)ccc32)cc1. The standard InChI is InChI=1S/C24H21F3N2O3S/c1-16-7-10-21(11-8-16)33(31,32)29-13-3-5-17-15-20(9-12-22(17)29)28-23(30)18-4-2-6-19(14-18)24(25,26)27/h2,4,6-12,14-15H,3,5,13H2,1H3,(H,28,30). The fourth-order valence-electron chi connectivity index (χ4n) is 3.77. The summed E-state index contributed by atoms with van der Waals surface area (Å²) in [5.74, 6) is -0.680. The third-order valence-electron chi connectivity index (χ3n) is 5.47. The van der Waals surface area contributed by atoms with Gasteiger partial charge in [-0.1, -0.05) is 23.8 Å². The van der Waals surface area contributed by atoms with Crippen LogP contribution in [0.15, 0.2) is 71.6 Å². The van der Waals surface area contributed by atoms with Crippen molar-refractivity contribution < 1.29 is 26.4 Å². The second kappa shape index (κ2) is 8.55. The molecule has 0 spiro atoms. The van der Waals surface area contributed by atoms with E-state index in [0.29, 0.717) is 30.8 Å². The number of carbonyl (C=O) groups is 1. The number of benzene rings is 3. The van der Waals surface area contributed by atoms with Gasteiger partial charge in [-0.2, -0.15) is 13.2 Å². The number of sulfonamides is 1. The maximum absolute atomic E-state index is 13.2. The van der Waals surface area contributed by atoms with Gasteiger partial charge in [0.2, 0.25) is 0 Å². The fourth-order valence-corrected chi connectivity index (χ4v) is 5.31. The molecule has 0 atom stereocenters. The van der Waals surface area contributed by atoms with Crippen molar-refractivity contribution in [2.24, 2.45) is 0 Å². The Kier molecular flexibility index (Phi) is 5.92. The molecule has 0 saturated heterocycles. The summed E-state index contributed by atoms with van der Waals surface area (Å²) in [5.41, 5.74) is 1.57. The van der Waals surface area contributed by atoms with Gasteiger partial charge in [-0.05, 0) is 73.9 Å². The van der Waals surface area contributed by atoms with Crippen LogP contribution in [-0.4, -0.2) is 20.9 Å². The van der Waals surface area contributed by atoms with Crippen LogP contribution in [0.2, 0.25) is 0 Å². The normalized spacial score (nSPS) is 14.0. The van der Waals surface area contributed by atoms with E-state index in [0.717, 1.165) is 23.3 Å². The lowest BCUT2D eigenvalue weighted by Crippen LogP contribution is -2.35. The summed E-state index contributed by atoms with van der Waals surface area (Å²) in [5, 5.41) is 2.60. The Morgan fingerprint density at radius 1 is 1.00 bits per heavy atom. The lowest BCUT2D eigenvalue weighted by atomic mass is 10.0. The Labute approximate surface area is 189 Å². The van der Waals surface area contributed by atoms with Crippen LogP contribution >= 0.6 is 0 Å². The number of hydrogen-bond acceptors (Lipinski definition) is 3. The van der Waals surface area contributed by atoms with Crippen LogP contribution in [0.3, 0.4) is 0 Å². The number of nitrogens with zero attached hydrogens (tertiary/aromatic N) is 1. The van der Waals surface area contributed by atoms with E-state index in [-0.39, 0.29) is 10.5 Å². The number of amides is 1. The van der Waals surface area contributed by atoms with Crippen LogP contribution in [0.1, 0.15) is 33.5 Å². The van der Waals surface area contributed by atoms with Crippen molar-refractivity contribution in [3.8, 4) is 0 Å². The van der Waals surface area contributed by atoms with Gasteiger partial charge in [0.25, 0.3) is 15.9 Å². The summed E-state index contributed by atoms with van der Waals surface area (Å²) < 4.78 is 66.5. The number of carbonyl (C=O) groups excluding carboxylic acids is 1. The highest BCUT2D eigenvalue weighted by Gasteiger charge is 2.31. The number of aryl methyl sites for hydroxylation is 2. The van der Waals surface area contributed by atoms with Crippen LogP contribution in [0.4, 0.5) is 24.5 Å². The average Bonchev–Trinajstić information content (AvgIpc) is 2.78. The zero-order valence-electron chi connectivity index (χ0n) is 17.7. The summed E-state index contributed by atoms with van der Waals surface area (Å²) in [4.78, 5) is 12.7. The predicted octanol–water partition coefficient (Wildman–Crippen LogP) is 5.41. The van der Waals surface area contributed by atoms with Gasteiger partial charge in [-0.15, -0.1) is 0 Å². The number of rotatable bonds is 4. The first-order chi connectivity index (χ1) is 15.6. The maximum atomic E-state index is 13.2. The molecule has 172 valence electrons. The van der Waals surface area contributed by atoms with E-state index in [9.17, 15) is 26.4 Å². The molecule has 9 heteroatoms. The molecule has 0 aliphatic carbocycles. The Morgan fingerprint density at radius 2 is 1.73 bits per heavy atom. The molecule has 1 amide bonds. The Morgan fingerprint density at radius 3 is 2.42 bits per heavy atom. The summed E-state index contributed by atoms with van der Waals surface area (Å²) in [6, 6.07) is 15.6. The molecule has 33 heavy (non-hydrogen) atoms. The summed E-state index contributed by atoms with van der Waals surface area (Å²) in [7, 11) is -3.75. The molecule has 0 fully saturated rings. The molecule has 1 aliphatic rings. The van der Waals surface area contributed by atoms with Gasteiger partial charge in [0.05, 0.1) is 16.1 Å². The third kappa shape index (κ3) is 4.73. The summed E-state index contributed by atoms with van der Waals surface area (Å²) >= 11 is 0. The molecular weight excluding hydrogens is 453 g/mol. The quantitative estimate of drug-likeness (QED) is 0.550. The van der Waals surface area contributed by atoms with Gasteiger partial charge in [-0.3, -0.25) is 9.10 Å². The average molecular weight is 475 g/mol. The van der Waals surface area contributed by atoms with Crippen LogP contribution in [0, 0.1) is 6.92 Å². The van der Waals surface area contributed by atoms with Crippen LogP contribution < -0.4 is 9.62 Å². The molecule has 1 aliphatic heterocycles. The number of halogens is 3. The second-order valence-corrected chi connectivity index (χ2v) is 9.73. The molecule has 0 radical (unpaired) electrons. The zero-order chi connectivity index (χ0) is 23.8. The van der Waals surface area contributed by atoms with E-state index in [1.54, 1.807) is 42.5 Å². The van der Waals surface area contributed by atoms with Crippen molar-refractivity contribution in [3.63, 3.8) is 0 Å². The third-order valence-corrected chi connectivity index (χ3v) is 7.30. The van der Waals surface area contributed by atoms with Gasteiger partial charge in [0.15, 0.2) is 0 Å². The van der Waals surface area contributed by atoms with E-state index in [1.165, 1.54) is 16.4 Å². The highest BCUT2D eigenvalue weighted by Crippen LogP contribution is 2.34. The molecule has 5 nitrogen and oxygen atoms in total. The Balaban J connectivity index is 1.59. The molecule has 1 N–H and O–H groups in total. The largest absolute Gasteiger partial charge is 0.416 e. The molecule has 0 saturated carbocycles. The highest BCUT2D eigenvalue weighted by atomic mass is 32.2. The number of hydrogen-bond donors (Lipinski definition) is 1. The van der Waals surface area contributed by atoms with Gasteiger partial charge in [-0.25, -0.2) is 8.42 Å². The molecule has 0 aromatic heterocycles. The van der Waals surface area contributed by atoms with E-state index < -0.39 is 27.7 Å². The second-order valence-electron chi connectivity index (χ2n) is 7.87. The maximum Gasteiger partial charge on any atom is 0.416 e. The lowest BCUT2D eigenvalue weighted by molar-refractivity contribution is -0.137. The van der Waals surface area contributed by atoms with Crippen molar-refractivity contribution in [1.29, 1.82) is 0 Å². The van der Waals surface area contributed by atoms with Gasteiger partial charge < -0.3 is 5.32 Å². The molecule has 0 bridgehead atoms. The molecular formula is C24H21F3N2O3S. The summed E-state index contributed by atoms with van der Waals surface area (Å²) in [6.07, 6.45) is -3.33. The van der Waals surface area contributed by atoms with Crippen LogP contribution in [-0.2, 0) is 22.6 Å². The molecule has 3 aromatic carbocycles. The first-order valence-corrected chi connectivity index (χ1v) is 11.7. The van der Waals surface area contributed by atoms with Gasteiger partial charge in [0.1, 0.15) is 0 Å². The Bertz CT molecular complexity index is 1300. The topological polar surface area (TPSA) is 66.5 Å². The molecule has 0 unspecified atom stereocenters. The number of alkyl halides is 3. The highest BCUT2D eigenvalue weighted by molar-refractivity contribution is 7.92. The van der Waals surface area contributed by atoms with Crippen LogP contribution in [0.25, 0.3) is 0 Å². The van der Waals surface area contributed by atoms with E-state index >= 15 is 0 Å². The number of fused-ring (bicyclic) bond motifs is 1. The van der Waals surface area contributed by atoms with Crippen molar-refractivity contribution in [2.75, 3.05) is 16.2 Å². The van der Waals surface area contributed by atoms with Crippen molar-refractivity contribution in [3.05, 3.63) is 89.0 Å². The number of nitrogens with one attached hydrogen (secondary N) is 1.